The van der Waals surface area contributed by atoms with Gasteiger partial charge < -0.3 is 10.4 Å². The zero-order valence-electron chi connectivity index (χ0n) is 11.4. The van der Waals surface area contributed by atoms with Gasteiger partial charge in [-0.2, -0.15) is 0 Å². The fourth-order valence-electron chi connectivity index (χ4n) is 3.34. The van der Waals surface area contributed by atoms with Gasteiger partial charge in [-0.1, -0.05) is 6.42 Å². The predicted octanol–water partition coefficient (Wildman–Crippen LogP) is 1.37. The quantitative estimate of drug-likeness (QED) is 0.808. The molecule has 0 aliphatic carbocycles. The van der Waals surface area contributed by atoms with Crippen LogP contribution < -0.4 is 5.32 Å². The van der Waals surface area contributed by atoms with E-state index in [1.54, 1.807) is 0 Å². The number of nitrogens with zero attached hydrogens (tertiary/aromatic N) is 1. The van der Waals surface area contributed by atoms with E-state index in [4.69, 9.17) is 5.11 Å². The smallest absolute Gasteiger partial charge is 0.303 e. The SMILES string of the molecule is O=C(O)CCC1CCCCN1C1CCCNC(=O)C1. The average molecular weight is 268 g/mol. The largest absolute Gasteiger partial charge is 0.481 e. The Labute approximate surface area is 114 Å². The Morgan fingerprint density at radius 1 is 1.32 bits per heavy atom. The number of carbonyl (C=O) groups excluding carboxylic acids is 1. The second kappa shape index (κ2) is 6.89. The highest BCUT2D eigenvalue weighted by molar-refractivity contribution is 5.76. The summed E-state index contributed by atoms with van der Waals surface area (Å²) >= 11 is 0. The van der Waals surface area contributed by atoms with Crippen LogP contribution >= 0.6 is 0 Å². The highest BCUT2D eigenvalue weighted by Gasteiger charge is 2.31. The fraction of sp³-hybridized carbons (Fsp3) is 0.857. The Morgan fingerprint density at radius 3 is 2.95 bits per heavy atom. The Kier molecular flexibility index (Phi) is 5.19. The second-order valence-corrected chi connectivity index (χ2v) is 5.67. The topological polar surface area (TPSA) is 69.6 Å². The number of likely N-dealkylation sites (tertiary alicyclic amines) is 1. The van der Waals surface area contributed by atoms with Crippen LogP contribution in [0, 0.1) is 0 Å². The molecule has 2 rings (SSSR count). The van der Waals surface area contributed by atoms with Gasteiger partial charge in [0.2, 0.25) is 5.91 Å². The summed E-state index contributed by atoms with van der Waals surface area (Å²) in [6, 6.07) is 0.655. The molecular weight excluding hydrogens is 244 g/mol. The molecule has 0 aromatic rings. The summed E-state index contributed by atoms with van der Waals surface area (Å²) in [5.74, 6) is -0.575. The molecule has 2 aliphatic rings. The molecule has 2 heterocycles. The Bertz CT molecular complexity index is 333. The maximum Gasteiger partial charge on any atom is 0.303 e. The number of nitrogens with one attached hydrogen (secondary N) is 1. The van der Waals surface area contributed by atoms with Gasteiger partial charge in [-0.3, -0.25) is 14.5 Å². The molecule has 2 N–H and O–H groups in total. The maximum atomic E-state index is 11.7. The van der Waals surface area contributed by atoms with Crippen LogP contribution in [0.1, 0.15) is 51.4 Å². The van der Waals surface area contributed by atoms with Crippen molar-refractivity contribution in [2.75, 3.05) is 13.1 Å². The van der Waals surface area contributed by atoms with Crippen LogP contribution in [0.4, 0.5) is 0 Å². The molecule has 1 amide bonds. The summed E-state index contributed by atoms with van der Waals surface area (Å²) < 4.78 is 0. The standard InChI is InChI=1S/C14H24N2O3/c17-13-10-12(5-3-8-15-13)16-9-2-1-4-11(16)6-7-14(18)19/h11-12H,1-10H2,(H,15,17)(H,18,19). The molecule has 0 bridgehead atoms. The van der Waals surface area contributed by atoms with E-state index < -0.39 is 5.97 Å². The van der Waals surface area contributed by atoms with Gasteiger partial charge in [0.1, 0.15) is 0 Å². The third kappa shape index (κ3) is 4.20. The molecule has 2 fully saturated rings. The molecule has 0 radical (unpaired) electrons. The lowest BCUT2D eigenvalue weighted by Crippen LogP contribution is -2.47. The third-order valence-electron chi connectivity index (χ3n) is 4.29. The number of carboxylic acids is 1. The Morgan fingerprint density at radius 2 is 2.16 bits per heavy atom. The van der Waals surface area contributed by atoms with Crippen molar-refractivity contribution in [1.82, 2.24) is 10.2 Å². The number of aliphatic carboxylic acids is 1. The minimum absolute atomic E-state index is 0.144. The van der Waals surface area contributed by atoms with Gasteiger partial charge in [0.15, 0.2) is 0 Å². The lowest BCUT2D eigenvalue weighted by atomic mass is 9.93. The van der Waals surface area contributed by atoms with Gasteiger partial charge in [0, 0.05) is 31.5 Å². The molecule has 2 atom stereocenters. The maximum absolute atomic E-state index is 11.7. The number of hydrogen-bond donors (Lipinski definition) is 2. The summed E-state index contributed by atoms with van der Waals surface area (Å²) in [6.07, 6.45) is 7.02. The lowest BCUT2D eigenvalue weighted by molar-refractivity contribution is -0.137. The van der Waals surface area contributed by atoms with Gasteiger partial charge in [-0.05, 0) is 38.6 Å². The molecule has 0 aromatic heterocycles. The van der Waals surface area contributed by atoms with E-state index >= 15 is 0 Å². The zero-order chi connectivity index (χ0) is 13.7. The van der Waals surface area contributed by atoms with Gasteiger partial charge >= 0.3 is 5.97 Å². The van der Waals surface area contributed by atoms with Crippen LogP contribution in [-0.4, -0.2) is 47.1 Å². The van der Waals surface area contributed by atoms with Crippen LogP contribution in [0.15, 0.2) is 0 Å². The minimum Gasteiger partial charge on any atom is -0.481 e. The molecule has 0 saturated carbocycles. The molecule has 2 aliphatic heterocycles. The van der Waals surface area contributed by atoms with Crippen LogP contribution in [0.25, 0.3) is 0 Å². The molecular formula is C14H24N2O3. The molecule has 2 unspecified atom stereocenters. The first-order valence-electron chi connectivity index (χ1n) is 7.41. The summed E-state index contributed by atoms with van der Waals surface area (Å²) in [5, 5.41) is 11.8. The van der Waals surface area contributed by atoms with E-state index in [9.17, 15) is 9.59 Å². The lowest BCUT2D eigenvalue weighted by Gasteiger charge is -2.40. The van der Waals surface area contributed by atoms with Crippen LogP contribution in [0.2, 0.25) is 0 Å². The van der Waals surface area contributed by atoms with Gasteiger partial charge in [0.25, 0.3) is 0 Å². The van der Waals surface area contributed by atoms with Gasteiger partial charge in [0.05, 0.1) is 0 Å². The van der Waals surface area contributed by atoms with E-state index in [0.717, 1.165) is 32.4 Å². The van der Waals surface area contributed by atoms with Crippen molar-refractivity contribution < 1.29 is 14.7 Å². The summed E-state index contributed by atoms with van der Waals surface area (Å²) in [4.78, 5) is 24.8. The number of carbonyl (C=O) groups is 2. The van der Waals surface area contributed by atoms with Crippen molar-refractivity contribution >= 4 is 11.9 Å². The molecule has 0 aromatic carbocycles. The van der Waals surface area contributed by atoms with Crippen LogP contribution in [0.5, 0.6) is 0 Å². The number of carboxylic acid groups (broad SMARTS) is 1. The molecule has 5 heteroatoms. The zero-order valence-corrected chi connectivity index (χ0v) is 11.4. The summed E-state index contributed by atoms with van der Waals surface area (Å²) in [6.45, 7) is 1.80. The van der Waals surface area contributed by atoms with Crippen molar-refractivity contribution in [3.05, 3.63) is 0 Å². The number of rotatable bonds is 4. The highest BCUT2D eigenvalue weighted by Crippen LogP contribution is 2.27. The van der Waals surface area contributed by atoms with E-state index in [0.29, 0.717) is 24.9 Å². The van der Waals surface area contributed by atoms with E-state index in [1.165, 1.54) is 12.8 Å². The van der Waals surface area contributed by atoms with Crippen LogP contribution in [-0.2, 0) is 9.59 Å². The Hall–Kier alpha value is -1.10. The van der Waals surface area contributed by atoms with Crippen molar-refractivity contribution in [3.8, 4) is 0 Å². The third-order valence-corrected chi connectivity index (χ3v) is 4.29. The van der Waals surface area contributed by atoms with Gasteiger partial charge in [-0.25, -0.2) is 0 Å². The predicted molar refractivity (Wildman–Crippen MR) is 71.9 cm³/mol. The van der Waals surface area contributed by atoms with E-state index in [1.807, 2.05) is 0 Å². The van der Waals surface area contributed by atoms with Crippen molar-refractivity contribution in [1.29, 1.82) is 0 Å². The molecule has 19 heavy (non-hydrogen) atoms. The summed E-state index contributed by atoms with van der Waals surface area (Å²) in [7, 11) is 0. The first-order chi connectivity index (χ1) is 9.16. The van der Waals surface area contributed by atoms with E-state index in [2.05, 4.69) is 10.2 Å². The highest BCUT2D eigenvalue weighted by atomic mass is 16.4. The van der Waals surface area contributed by atoms with Crippen LogP contribution in [0.3, 0.4) is 0 Å². The average Bonchev–Trinajstić information content (AvgIpc) is 2.61. The van der Waals surface area contributed by atoms with E-state index in [-0.39, 0.29) is 12.3 Å². The molecule has 5 nitrogen and oxygen atoms in total. The molecule has 108 valence electrons. The van der Waals surface area contributed by atoms with Crippen molar-refractivity contribution in [2.45, 2.75) is 63.5 Å². The van der Waals surface area contributed by atoms with Crippen molar-refractivity contribution in [2.24, 2.45) is 0 Å². The number of amides is 1. The Balaban J connectivity index is 1.96. The number of hydrogen-bond acceptors (Lipinski definition) is 3. The summed E-state index contributed by atoms with van der Waals surface area (Å²) in [5.41, 5.74) is 0. The molecule has 0 spiro atoms. The second-order valence-electron chi connectivity index (χ2n) is 5.67. The van der Waals surface area contributed by atoms with Crippen molar-refractivity contribution in [3.63, 3.8) is 0 Å². The first kappa shape index (κ1) is 14.3. The number of piperidine rings is 1. The molecule has 2 saturated heterocycles. The fourth-order valence-corrected chi connectivity index (χ4v) is 3.34. The van der Waals surface area contributed by atoms with Gasteiger partial charge in [-0.15, -0.1) is 0 Å². The monoisotopic (exact) mass is 268 g/mol. The minimum atomic E-state index is -0.718. The first-order valence-corrected chi connectivity index (χ1v) is 7.41. The normalized spacial score (nSPS) is 29.6.